The molecule has 0 N–H and O–H groups in total. The molecule has 0 saturated carbocycles. The van der Waals surface area contributed by atoms with Gasteiger partial charge < -0.3 is 9.41 Å². The van der Waals surface area contributed by atoms with Crippen LogP contribution in [0.15, 0.2) is 42.9 Å². The van der Waals surface area contributed by atoms with E-state index in [-0.39, 0.29) is 23.2 Å². The van der Waals surface area contributed by atoms with Crippen LogP contribution in [0.25, 0.3) is 33.3 Å². The van der Waals surface area contributed by atoms with Crippen molar-refractivity contribution >= 4 is 11.5 Å². The summed E-state index contributed by atoms with van der Waals surface area (Å²) in [6, 6.07) is 7.05. The largest absolute Gasteiger partial charge is 0.433 e. The predicted octanol–water partition coefficient (Wildman–Crippen LogP) is 4.81. The Labute approximate surface area is 163 Å². The van der Waals surface area contributed by atoms with Crippen molar-refractivity contribution in [3.05, 3.63) is 60.0 Å². The summed E-state index contributed by atoms with van der Waals surface area (Å²) < 4.78 is 42.6. The lowest BCUT2D eigenvalue weighted by Crippen LogP contribution is -2.08. The number of alkyl halides is 3. The van der Waals surface area contributed by atoms with Crippen LogP contribution in [0.2, 0.25) is 0 Å². The Kier molecular flexibility index (Phi) is 4.30. The number of fused-ring (bicyclic) bond motifs is 1. The number of aromatic nitrogens is 6. The third-order valence-corrected chi connectivity index (χ3v) is 4.33. The van der Waals surface area contributed by atoms with Gasteiger partial charge in [0.25, 0.3) is 5.82 Å². The van der Waals surface area contributed by atoms with Crippen LogP contribution in [0.4, 0.5) is 19.0 Å². The van der Waals surface area contributed by atoms with Crippen LogP contribution >= 0.6 is 0 Å². The molecule has 0 fully saturated rings. The van der Waals surface area contributed by atoms with E-state index in [0.717, 1.165) is 6.07 Å². The molecule has 7 nitrogen and oxygen atoms in total. The van der Waals surface area contributed by atoms with Crippen LogP contribution < -0.4 is 0 Å². The van der Waals surface area contributed by atoms with Crippen molar-refractivity contribution in [3.8, 4) is 22.8 Å². The minimum Gasteiger partial charge on any atom is -0.360 e. The summed E-state index contributed by atoms with van der Waals surface area (Å²) in [7, 11) is 0. The highest BCUT2D eigenvalue weighted by atomic mass is 19.4. The highest BCUT2D eigenvalue weighted by Crippen LogP contribution is 2.34. The number of pyridine rings is 1. The van der Waals surface area contributed by atoms with E-state index in [4.69, 9.17) is 6.57 Å². The highest BCUT2D eigenvalue weighted by Gasteiger charge is 2.33. The molecule has 4 heterocycles. The normalized spacial score (nSPS) is 11.9. The second kappa shape index (κ2) is 6.70. The van der Waals surface area contributed by atoms with Crippen LogP contribution in [-0.4, -0.2) is 29.1 Å². The van der Waals surface area contributed by atoms with Crippen LogP contribution in [0, 0.1) is 6.57 Å². The summed E-state index contributed by atoms with van der Waals surface area (Å²) in [6.07, 6.45) is -1.60. The Morgan fingerprint density at radius 2 is 1.86 bits per heavy atom. The van der Waals surface area contributed by atoms with E-state index in [0.29, 0.717) is 17.0 Å². The van der Waals surface area contributed by atoms with Gasteiger partial charge in [-0.1, -0.05) is 17.7 Å². The van der Waals surface area contributed by atoms with E-state index in [1.165, 1.54) is 22.8 Å². The topological polar surface area (TPSA) is 65.3 Å². The number of nitrogens with zero attached hydrogens (tertiary/aromatic N) is 7. The maximum atomic E-state index is 13.1. The smallest absolute Gasteiger partial charge is 0.360 e. The zero-order valence-corrected chi connectivity index (χ0v) is 15.4. The van der Waals surface area contributed by atoms with E-state index in [9.17, 15) is 13.2 Å². The van der Waals surface area contributed by atoms with E-state index >= 15 is 0 Å². The molecule has 0 aliphatic carbocycles. The molecule has 0 aliphatic rings. The fourth-order valence-corrected chi connectivity index (χ4v) is 2.98. The summed E-state index contributed by atoms with van der Waals surface area (Å²) in [5.41, 5.74) is 0.829. The van der Waals surface area contributed by atoms with E-state index < -0.39 is 11.9 Å². The first-order valence-corrected chi connectivity index (χ1v) is 8.63. The fourth-order valence-electron chi connectivity index (χ4n) is 2.98. The van der Waals surface area contributed by atoms with Crippen molar-refractivity contribution in [1.29, 1.82) is 0 Å². The second-order valence-corrected chi connectivity index (χ2v) is 6.57. The molecule has 4 aromatic rings. The molecule has 0 bridgehead atoms. The molecule has 0 atom stereocenters. The van der Waals surface area contributed by atoms with E-state index in [1.54, 1.807) is 23.0 Å². The molecule has 0 aromatic carbocycles. The predicted molar refractivity (Wildman–Crippen MR) is 99.1 cm³/mol. The average Bonchev–Trinajstić information content (AvgIpc) is 3.31. The van der Waals surface area contributed by atoms with Crippen molar-refractivity contribution in [1.82, 2.24) is 29.1 Å². The van der Waals surface area contributed by atoms with Crippen LogP contribution in [0.5, 0.6) is 0 Å². The number of halogens is 3. The van der Waals surface area contributed by atoms with Gasteiger partial charge in [-0.25, -0.2) is 15.0 Å². The molecule has 4 rings (SSSR count). The minimum atomic E-state index is -4.56. The summed E-state index contributed by atoms with van der Waals surface area (Å²) in [4.78, 5) is 15.6. The van der Waals surface area contributed by atoms with Gasteiger partial charge in [-0.2, -0.15) is 13.2 Å². The molecule has 29 heavy (non-hydrogen) atoms. The first kappa shape index (κ1) is 18.6. The van der Waals surface area contributed by atoms with Crippen molar-refractivity contribution in [2.75, 3.05) is 0 Å². The van der Waals surface area contributed by atoms with Crippen molar-refractivity contribution in [2.45, 2.75) is 26.1 Å². The van der Waals surface area contributed by atoms with Gasteiger partial charge in [0.2, 0.25) is 5.65 Å². The van der Waals surface area contributed by atoms with Crippen molar-refractivity contribution in [2.24, 2.45) is 0 Å². The third-order valence-electron chi connectivity index (χ3n) is 4.33. The van der Waals surface area contributed by atoms with Gasteiger partial charge in [-0.05, 0) is 32.0 Å². The minimum absolute atomic E-state index is 0.0299. The lowest BCUT2D eigenvalue weighted by Gasteiger charge is -2.13. The lowest BCUT2D eigenvalue weighted by molar-refractivity contribution is -0.141. The maximum absolute atomic E-state index is 13.1. The molecule has 0 unspecified atom stereocenters. The number of imidazole rings is 2. The maximum Gasteiger partial charge on any atom is 0.433 e. The first-order valence-electron chi connectivity index (χ1n) is 8.63. The van der Waals surface area contributed by atoms with Crippen LogP contribution in [0.3, 0.4) is 0 Å². The zero-order valence-electron chi connectivity index (χ0n) is 15.4. The Bertz CT molecular complexity index is 1240. The Balaban J connectivity index is 1.95. The fraction of sp³-hybridized carbons (Fsp3) is 0.211. The molecule has 0 saturated heterocycles. The molecule has 0 spiro atoms. The molecule has 4 aromatic heterocycles. The number of hydrogen-bond donors (Lipinski definition) is 0. The number of hydrogen-bond acceptors (Lipinski definition) is 4. The van der Waals surface area contributed by atoms with Crippen molar-refractivity contribution in [3.63, 3.8) is 0 Å². The summed E-state index contributed by atoms with van der Waals surface area (Å²) in [6.45, 7) is 11.1. The van der Waals surface area contributed by atoms with Crippen LogP contribution in [0.1, 0.15) is 25.6 Å². The first-order chi connectivity index (χ1) is 13.8. The Morgan fingerprint density at radius 3 is 2.55 bits per heavy atom. The van der Waals surface area contributed by atoms with Gasteiger partial charge in [0.05, 0.1) is 18.2 Å². The zero-order chi connectivity index (χ0) is 20.8. The molecule has 0 amide bonds. The molecule has 0 aliphatic heterocycles. The molecule has 0 radical (unpaired) electrons. The second-order valence-electron chi connectivity index (χ2n) is 6.57. The van der Waals surface area contributed by atoms with E-state index in [1.807, 2.05) is 13.8 Å². The van der Waals surface area contributed by atoms with Gasteiger partial charge in [-0.3, -0.25) is 0 Å². The standard InChI is InChI=1S/C19H14F3N7/c1-11(2)28-10-25-17(12-5-4-6-14(26-12)19(20,21)22)18(28)13-7-8-15-24-9-16(23-3)29(15)27-13/h4-11H,1-2H3. The summed E-state index contributed by atoms with van der Waals surface area (Å²) in [5, 5.41) is 4.48. The van der Waals surface area contributed by atoms with Crippen molar-refractivity contribution < 1.29 is 13.2 Å². The molecule has 146 valence electrons. The average molecular weight is 397 g/mol. The molecular formula is C19H14F3N7. The molecular weight excluding hydrogens is 383 g/mol. The SMILES string of the molecule is [C-]#[N+]c1cnc2ccc(-c3c(-c4cccc(C(F)(F)F)n4)ncn3C(C)C)nn12. The van der Waals surface area contributed by atoms with Crippen LogP contribution in [-0.2, 0) is 6.18 Å². The lowest BCUT2D eigenvalue weighted by atomic mass is 10.1. The number of rotatable bonds is 3. The van der Waals surface area contributed by atoms with Gasteiger partial charge in [0, 0.05) is 12.1 Å². The Morgan fingerprint density at radius 1 is 1.07 bits per heavy atom. The highest BCUT2D eigenvalue weighted by molar-refractivity contribution is 5.75. The van der Waals surface area contributed by atoms with E-state index in [2.05, 4.69) is 24.9 Å². The third kappa shape index (κ3) is 3.20. The van der Waals surface area contributed by atoms with Gasteiger partial charge >= 0.3 is 6.18 Å². The Hall–Kier alpha value is -3.74. The monoisotopic (exact) mass is 397 g/mol. The van der Waals surface area contributed by atoms with Gasteiger partial charge in [0.15, 0.2) is 0 Å². The summed E-state index contributed by atoms with van der Waals surface area (Å²) in [5.74, 6) is 0.233. The quantitative estimate of drug-likeness (QED) is 0.466. The van der Waals surface area contributed by atoms with Gasteiger partial charge in [-0.15, -0.1) is 4.52 Å². The summed E-state index contributed by atoms with van der Waals surface area (Å²) >= 11 is 0. The molecule has 10 heteroatoms. The van der Waals surface area contributed by atoms with Gasteiger partial charge in [0.1, 0.15) is 22.8 Å².